The highest BCUT2D eigenvalue weighted by Gasteiger charge is 2.23. The molecule has 1 aromatic heterocycles. The quantitative estimate of drug-likeness (QED) is 0.522. The lowest BCUT2D eigenvalue weighted by Gasteiger charge is -2.02. The third kappa shape index (κ3) is 4.51. The Morgan fingerprint density at radius 3 is 2.16 bits per heavy atom. The number of hydrogen-bond donors (Lipinski definition) is 1. The molecule has 0 radical (unpaired) electrons. The highest BCUT2D eigenvalue weighted by atomic mass is 15.5. The zero-order valence-corrected chi connectivity index (χ0v) is 13.2. The van der Waals surface area contributed by atoms with E-state index in [1.165, 1.54) is 50.2 Å². The fraction of sp³-hybridized carbons (Fsp3) is 0.867. The van der Waals surface area contributed by atoms with Gasteiger partial charge in [-0.15, -0.1) is 9.36 Å². The summed E-state index contributed by atoms with van der Waals surface area (Å²) >= 11 is 0. The maximum atomic E-state index is 4.77. The first kappa shape index (κ1) is 16.0. The fourth-order valence-corrected chi connectivity index (χ4v) is 2.49. The average Bonchev–Trinajstić information content (AvgIpc) is 2.76. The molecular weight excluding hydrogens is 236 g/mol. The monoisotopic (exact) mass is 267 g/mol. The summed E-state index contributed by atoms with van der Waals surface area (Å²) in [5.74, 6) is 2.51. The predicted octanol–water partition coefficient (Wildman–Crippen LogP) is 2.83. The maximum absolute atomic E-state index is 4.77. The Morgan fingerprint density at radius 1 is 1.00 bits per heavy atom. The van der Waals surface area contributed by atoms with Crippen LogP contribution in [0.15, 0.2) is 0 Å². The second-order valence-electron chi connectivity index (χ2n) is 5.12. The second kappa shape index (κ2) is 8.94. The molecule has 110 valence electrons. The Hall–Kier alpha value is -1.06. The van der Waals surface area contributed by atoms with Crippen LogP contribution in [0.3, 0.4) is 0 Å². The molecule has 4 heteroatoms. The van der Waals surface area contributed by atoms with E-state index in [0.29, 0.717) is 0 Å². The number of aryl methyl sites for hydroxylation is 2. The van der Waals surface area contributed by atoms with Crippen LogP contribution in [0, 0.1) is 0 Å². The molecule has 0 saturated carbocycles. The van der Waals surface area contributed by atoms with Crippen molar-refractivity contribution < 1.29 is 4.68 Å². The Bertz CT molecular complexity index is 357. The Balaban J connectivity index is 2.80. The number of hydrogen-bond acceptors (Lipinski definition) is 2. The van der Waals surface area contributed by atoms with Crippen LogP contribution in [0.5, 0.6) is 0 Å². The van der Waals surface area contributed by atoms with Crippen LogP contribution in [0.1, 0.15) is 70.9 Å². The summed E-state index contributed by atoms with van der Waals surface area (Å²) in [7, 11) is 1.99. The molecule has 1 rings (SSSR count). The molecule has 0 aliphatic rings. The van der Waals surface area contributed by atoms with Gasteiger partial charge >= 0.3 is 5.82 Å². The molecule has 0 saturated heterocycles. The Morgan fingerprint density at radius 2 is 1.63 bits per heavy atom. The van der Waals surface area contributed by atoms with Crippen molar-refractivity contribution in [3.05, 3.63) is 11.6 Å². The van der Waals surface area contributed by atoms with Crippen LogP contribution in [0.4, 0.5) is 0 Å². The predicted molar refractivity (Wildman–Crippen MR) is 79.8 cm³/mol. The van der Waals surface area contributed by atoms with E-state index in [1.807, 2.05) is 7.05 Å². The molecule has 0 aromatic carbocycles. The highest BCUT2D eigenvalue weighted by molar-refractivity contribution is 4.94. The highest BCUT2D eigenvalue weighted by Crippen LogP contribution is 2.08. The molecule has 19 heavy (non-hydrogen) atoms. The summed E-state index contributed by atoms with van der Waals surface area (Å²) in [5.41, 5.74) is 3.31. The van der Waals surface area contributed by atoms with E-state index in [4.69, 9.17) is 5.10 Å². The second-order valence-corrected chi connectivity index (χ2v) is 5.12. The number of rotatable bonds is 10. The van der Waals surface area contributed by atoms with Crippen LogP contribution in [0.2, 0.25) is 0 Å². The molecule has 4 nitrogen and oxygen atoms in total. The average molecular weight is 267 g/mol. The van der Waals surface area contributed by atoms with Gasteiger partial charge in [-0.1, -0.05) is 39.5 Å². The molecule has 0 atom stereocenters. The summed E-state index contributed by atoms with van der Waals surface area (Å²) in [5, 5.41) is 4.77. The minimum absolute atomic E-state index is 0.955. The Labute approximate surface area is 118 Å². The minimum atomic E-state index is 0.955. The first-order valence-corrected chi connectivity index (χ1v) is 7.96. The summed E-state index contributed by atoms with van der Waals surface area (Å²) in [6, 6.07) is 0. The van der Waals surface area contributed by atoms with E-state index >= 15 is 0 Å². The molecule has 1 heterocycles. The van der Waals surface area contributed by atoms with Gasteiger partial charge in [0.2, 0.25) is 0 Å². The molecule has 0 aliphatic carbocycles. The molecular formula is C15H31N4+. The van der Waals surface area contributed by atoms with Crippen molar-refractivity contribution in [1.82, 2.24) is 9.77 Å². The first-order chi connectivity index (χ1) is 9.28. The van der Waals surface area contributed by atoms with E-state index < -0.39 is 0 Å². The molecule has 0 spiro atoms. The third-order valence-electron chi connectivity index (χ3n) is 3.58. The molecule has 0 unspecified atom stereocenters. The van der Waals surface area contributed by atoms with Gasteiger partial charge in [-0.25, -0.2) is 0 Å². The van der Waals surface area contributed by atoms with E-state index in [9.17, 15) is 0 Å². The number of aromatic nitrogens is 3. The van der Waals surface area contributed by atoms with Crippen molar-refractivity contribution in [3.63, 3.8) is 0 Å². The number of unbranched alkanes of at least 4 members (excludes halogenated alkanes) is 4. The molecule has 0 bridgehead atoms. The van der Waals surface area contributed by atoms with Crippen molar-refractivity contribution >= 4 is 0 Å². The fourth-order valence-electron chi connectivity index (χ4n) is 2.49. The third-order valence-corrected chi connectivity index (χ3v) is 3.58. The van der Waals surface area contributed by atoms with Gasteiger partial charge < -0.3 is 0 Å². The van der Waals surface area contributed by atoms with Gasteiger partial charge in [0.15, 0.2) is 0 Å². The van der Waals surface area contributed by atoms with Crippen LogP contribution >= 0.6 is 0 Å². The van der Waals surface area contributed by atoms with Crippen LogP contribution in [-0.2, 0) is 19.4 Å². The Kier molecular flexibility index (Phi) is 7.53. The van der Waals surface area contributed by atoms with E-state index in [1.54, 1.807) is 0 Å². The molecule has 1 aromatic rings. The number of nitrogens with zero attached hydrogens (tertiary/aromatic N) is 3. The van der Waals surface area contributed by atoms with Crippen molar-refractivity contribution in [2.75, 3.05) is 12.5 Å². The van der Waals surface area contributed by atoms with Gasteiger partial charge in [0, 0.05) is 13.5 Å². The van der Waals surface area contributed by atoms with Gasteiger partial charge in [-0.3, -0.25) is 5.43 Å². The van der Waals surface area contributed by atoms with E-state index in [0.717, 1.165) is 19.4 Å². The van der Waals surface area contributed by atoms with Crippen molar-refractivity contribution in [1.29, 1.82) is 0 Å². The summed E-state index contributed by atoms with van der Waals surface area (Å²) in [6.45, 7) is 7.62. The molecule has 0 aliphatic heterocycles. The largest absolute Gasteiger partial charge is 0.302 e. The molecule has 0 fully saturated rings. The number of nitrogens with one attached hydrogen (secondary N) is 1. The molecule has 1 N–H and O–H groups in total. The molecule has 0 amide bonds. The van der Waals surface area contributed by atoms with Crippen LogP contribution < -0.4 is 10.1 Å². The van der Waals surface area contributed by atoms with Gasteiger partial charge in [-0.05, 0) is 24.9 Å². The van der Waals surface area contributed by atoms with Crippen LogP contribution in [-0.4, -0.2) is 16.8 Å². The van der Waals surface area contributed by atoms with Crippen molar-refractivity contribution in [3.8, 4) is 0 Å². The van der Waals surface area contributed by atoms with Crippen molar-refractivity contribution in [2.45, 2.75) is 78.7 Å². The topological polar surface area (TPSA) is 33.7 Å². The van der Waals surface area contributed by atoms with Gasteiger partial charge in [-0.2, -0.15) is 0 Å². The smallest absolute Gasteiger partial charge is 0.257 e. The maximum Gasteiger partial charge on any atom is 0.302 e. The van der Waals surface area contributed by atoms with Gasteiger partial charge in [0.25, 0.3) is 5.82 Å². The van der Waals surface area contributed by atoms with Crippen molar-refractivity contribution in [2.24, 2.45) is 0 Å². The van der Waals surface area contributed by atoms with E-state index in [-0.39, 0.29) is 0 Å². The normalized spacial score (nSPS) is 10.9. The standard InChI is InChI=1S/C15H31N4/c1-5-8-10-12-14-17-18(7-3)15(19(14)16-4)13-11-9-6-2/h16H,5-13H2,1-4H3/q+1. The zero-order valence-electron chi connectivity index (χ0n) is 13.2. The SMILES string of the molecule is CCCCCc1n[n+](CC)c(CCCCC)n1NC. The lowest BCUT2D eigenvalue weighted by Crippen LogP contribution is -2.40. The lowest BCUT2D eigenvalue weighted by molar-refractivity contribution is -0.755. The summed E-state index contributed by atoms with van der Waals surface area (Å²) < 4.78 is 4.36. The zero-order chi connectivity index (χ0) is 14.1. The van der Waals surface area contributed by atoms with E-state index in [2.05, 4.69) is 35.6 Å². The van der Waals surface area contributed by atoms with Crippen LogP contribution in [0.25, 0.3) is 0 Å². The van der Waals surface area contributed by atoms with Gasteiger partial charge in [0.1, 0.15) is 6.54 Å². The first-order valence-electron chi connectivity index (χ1n) is 7.96. The summed E-state index contributed by atoms with van der Waals surface area (Å²) in [6.07, 6.45) is 9.77. The summed E-state index contributed by atoms with van der Waals surface area (Å²) in [4.78, 5) is 0. The minimum Gasteiger partial charge on any atom is -0.257 e. The lowest BCUT2D eigenvalue weighted by atomic mass is 10.2. The van der Waals surface area contributed by atoms with Gasteiger partial charge in [0.05, 0.1) is 6.42 Å².